The fourth-order valence-electron chi connectivity index (χ4n) is 2.95. The van der Waals surface area contributed by atoms with Gasteiger partial charge < -0.3 is 15.8 Å². The molecule has 1 unspecified atom stereocenters. The number of nitrogens with zero attached hydrogens (tertiary/aromatic N) is 1. The summed E-state index contributed by atoms with van der Waals surface area (Å²) in [6.07, 6.45) is 4.41. The van der Waals surface area contributed by atoms with Gasteiger partial charge in [0.2, 0.25) is 0 Å². The molecule has 0 amide bonds. The summed E-state index contributed by atoms with van der Waals surface area (Å²) in [5.74, 6) is 1.90. The number of hydrogen-bond donors (Lipinski definition) is 2. The maximum Gasteiger partial charge on any atom is 0.189 e. The smallest absolute Gasteiger partial charge is 0.189 e. The lowest BCUT2D eigenvalue weighted by Crippen LogP contribution is -2.36. The predicted molar refractivity (Wildman–Crippen MR) is 112 cm³/mol. The molecule has 1 aromatic rings. The zero-order valence-electron chi connectivity index (χ0n) is 14.9. The Morgan fingerprint density at radius 3 is 2.54 bits per heavy atom. The van der Waals surface area contributed by atoms with Gasteiger partial charge >= 0.3 is 0 Å². The topological polar surface area (TPSA) is 59.6 Å². The highest BCUT2D eigenvalue weighted by atomic mass is 127. The highest BCUT2D eigenvalue weighted by molar-refractivity contribution is 14.0. The third kappa shape index (κ3) is 7.83. The molecule has 1 aliphatic rings. The van der Waals surface area contributed by atoms with Crippen molar-refractivity contribution in [3.63, 3.8) is 0 Å². The van der Waals surface area contributed by atoms with E-state index < -0.39 is 0 Å². The van der Waals surface area contributed by atoms with Crippen molar-refractivity contribution in [2.24, 2.45) is 22.6 Å². The first kappa shape index (κ1) is 21.2. The molecule has 1 heterocycles. The van der Waals surface area contributed by atoms with E-state index in [4.69, 9.17) is 10.5 Å². The molecule has 2 rings (SSSR count). The molecule has 136 valence electrons. The Labute approximate surface area is 163 Å². The minimum absolute atomic E-state index is 0. The summed E-state index contributed by atoms with van der Waals surface area (Å²) in [7, 11) is 0. The molecule has 0 aromatic heterocycles. The zero-order valence-corrected chi connectivity index (χ0v) is 17.2. The van der Waals surface area contributed by atoms with Crippen molar-refractivity contribution in [1.29, 1.82) is 0 Å². The molecule has 0 radical (unpaired) electrons. The van der Waals surface area contributed by atoms with Gasteiger partial charge in [-0.25, -0.2) is 0 Å². The first-order valence-electron chi connectivity index (χ1n) is 8.84. The lowest BCUT2D eigenvalue weighted by atomic mass is 9.89. The van der Waals surface area contributed by atoms with Gasteiger partial charge in [0.25, 0.3) is 0 Å². The summed E-state index contributed by atoms with van der Waals surface area (Å²) in [6, 6.07) is 10.8. The molecule has 0 spiro atoms. The Balaban J connectivity index is 0.00000288. The van der Waals surface area contributed by atoms with E-state index in [-0.39, 0.29) is 30.0 Å². The molecule has 3 N–H and O–H groups in total. The lowest BCUT2D eigenvalue weighted by Gasteiger charge is -2.28. The molecule has 1 fully saturated rings. The van der Waals surface area contributed by atoms with Crippen molar-refractivity contribution in [2.45, 2.75) is 45.6 Å². The number of aliphatic imine (C=N–C) groups is 1. The van der Waals surface area contributed by atoms with Gasteiger partial charge in [-0.05, 0) is 43.1 Å². The highest BCUT2D eigenvalue weighted by Crippen LogP contribution is 2.27. The van der Waals surface area contributed by atoms with Gasteiger partial charge in [-0.3, -0.25) is 4.99 Å². The summed E-state index contributed by atoms with van der Waals surface area (Å²) in [4.78, 5) is 4.48. The molecule has 0 bridgehead atoms. The van der Waals surface area contributed by atoms with E-state index in [1.54, 1.807) is 0 Å². The van der Waals surface area contributed by atoms with Crippen molar-refractivity contribution < 1.29 is 4.74 Å². The van der Waals surface area contributed by atoms with Crippen molar-refractivity contribution in [3.05, 3.63) is 35.9 Å². The van der Waals surface area contributed by atoms with E-state index in [1.807, 2.05) is 0 Å². The minimum atomic E-state index is 0. The van der Waals surface area contributed by atoms with Crippen LogP contribution in [0.1, 0.15) is 51.1 Å². The fraction of sp³-hybridized carbons (Fsp3) is 0.632. The van der Waals surface area contributed by atoms with Gasteiger partial charge in [-0.15, -0.1) is 24.0 Å². The van der Waals surface area contributed by atoms with Gasteiger partial charge in [-0.1, -0.05) is 44.2 Å². The number of nitrogens with two attached hydrogens (primary N) is 1. The second-order valence-electron chi connectivity index (χ2n) is 6.85. The zero-order chi connectivity index (χ0) is 16.5. The number of guanidine groups is 1. The van der Waals surface area contributed by atoms with Crippen molar-refractivity contribution in [1.82, 2.24) is 5.32 Å². The van der Waals surface area contributed by atoms with E-state index in [9.17, 15) is 0 Å². The van der Waals surface area contributed by atoms with Crippen LogP contribution in [0.25, 0.3) is 0 Å². The third-order valence-electron chi connectivity index (χ3n) is 4.42. The summed E-state index contributed by atoms with van der Waals surface area (Å²) in [5, 5.41) is 3.44. The number of halogens is 1. The van der Waals surface area contributed by atoms with E-state index in [1.165, 1.54) is 5.56 Å². The SMILES string of the molecule is CC(C)CCN=C(N)NC(CC1CCOCC1)c1ccccc1.I. The maximum absolute atomic E-state index is 6.12. The predicted octanol–water partition coefficient (Wildman–Crippen LogP) is 4.11. The maximum atomic E-state index is 6.12. The molecule has 5 heteroatoms. The van der Waals surface area contributed by atoms with Crippen LogP contribution in [0.4, 0.5) is 0 Å². The van der Waals surface area contributed by atoms with Crippen LogP contribution in [0.3, 0.4) is 0 Å². The number of hydrogen-bond acceptors (Lipinski definition) is 2. The van der Waals surface area contributed by atoms with Crippen LogP contribution in [0.2, 0.25) is 0 Å². The standard InChI is InChI=1S/C19H31N3O.HI/c1-15(2)8-11-21-19(20)22-18(17-6-4-3-5-7-17)14-16-9-12-23-13-10-16;/h3-7,15-16,18H,8-14H2,1-2H3,(H3,20,21,22);1H. The molecular formula is C19H32IN3O. The molecule has 0 saturated carbocycles. The Bertz CT molecular complexity index is 473. The van der Waals surface area contributed by atoms with Crippen molar-refractivity contribution >= 4 is 29.9 Å². The molecule has 1 saturated heterocycles. The Kier molecular flexibility index (Phi) is 10.3. The number of nitrogens with one attached hydrogen (secondary N) is 1. The van der Waals surface area contributed by atoms with E-state index in [0.29, 0.717) is 17.8 Å². The highest BCUT2D eigenvalue weighted by Gasteiger charge is 2.21. The third-order valence-corrected chi connectivity index (χ3v) is 4.42. The van der Waals surface area contributed by atoms with Gasteiger partial charge in [0.05, 0.1) is 6.04 Å². The van der Waals surface area contributed by atoms with E-state index in [2.05, 4.69) is 54.5 Å². The molecule has 1 aromatic carbocycles. The monoisotopic (exact) mass is 445 g/mol. The van der Waals surface area contributed by atoms with Crippen LogP contribution in [0.15, 0.2) is 35.3 Å². The fourth-order valence-corrected chi connectivity index (χ4v) is 2.95. The van der Waals surface area contributed by atoms with E-state index >= 15 is 0 Å². The van der Waals surface area contributed by atoms with E-state index in [0.717, 1.165) is 45.4 Å². The average Bonchev–Trinajstić information content (AvgIpc) is 2.56. The summed E-state index contributed by atoms with van der Waals surface area (Å²) < 4.78 is 5.47. The second-order valence-corrected chi connectivity index (χ2v) is 6.85. The van der Waals surface area contributed by atoms with Crippen molar-refractivity contribution in [3.8, 4) is 0 Å². The Morgan fingerprint density at radius 2 is 1.92 bits per heavy atom. The number of benzene rings is 1. The molecule has 1 atom stereocenters. The average molecular weight is 445 g/mol. The molecule has 0 aliphatic carbocycles. The van der Waals surface area contributed by atoms with Gasteiger partial charge in [0.15, 0.2) is 5.96 Å². The lowest BCUT2D eigenvalue weighted by molar-refractivity contribution is 0.0612. The number of rotatable bonds is 7. The minimum Gasteiger partial charge on any atom is -0.381 e. The van der Waals surface area contributed by atoms with Crippen LogP contribution in [0, 0.1) is 11.8 Å². The summed E-state index contributed by atoms with van der Waals surface area (Å²) >= 11 is 0. The first-order chi connectivity index (χ1) is 11.1. The molecule has 1 aliphatic heterocycles. The van der Waals surface area contributed by atoms with Crippen LogP contribution >= 0.6 is 24.0 Å². The van der Waals surface area contributed by atoms with Crippen LogP contribution in [-0.2, 0) is 4.74 Å². The van der Waals surface area contributed by atoms with Gasteiger partial charge in [0, 0.05) is 19.8 Å². The quantitative estimate of drug-likeness (QED) is 0.377. The van der Waals surface area contributed by atoms with Crippen LogP contribution in [-0.4, -0.2) is 25.7 Å². The molecule has 24 heavy (non-hydrogen) atoms. The molecule has 4 nitrogen and oxygen atoms in total. The second kappa shape index (κ2) is 11.7. The van der Waals surface area contributed by atoms with Crippen LogP contribution < -0.4 is 11.1 Å². The largest absolute Gasteiger partial charge is 0.381 e. The Hall–Kier alpha value is -0.820. The first-order valence-corrected chi connectivity index (χ1v) is 8.84. The normalized spacial score (nSPS) is 17.4. The Morgan fingerprint density at radius 1 is 1.25 bits per heavy atom. The van der Waals surface area contributed by atoms with Crippen LogP contribution in [0.5, 0.6) is 0 Å². The molecular weight excluding hydrogens is 413 g/mol. The number of ether oxygens (including phenoxy) is 1. The summed E-state index contributed by atoms with van der Waals surface area (Å²) in [5.41, 5.74) is 7.40. The van der Waals surface area contributed by atoms with Crippen molar-refractivity contribution in [2.75, 3.05) is 19.8 Å². The van der Waals surface area contributed by atoms with Gasteiger partial charge in [-0.2, -0.15) is 0 Å². The summed E-state index contributed by atoms with van der Waals surface area (Å²) in [6.45, 7) is 6.96. The van der Waals surface area contributed by atoms with Gasteiger partial charge in [0.1, 0.15) is 0 Å².